The first-order valence-electron chi connectivity index (χ1n) is 16.0. The van der Waals surface area contributed by atoms with Crippen LogP contribution in [-0.4, -0.2) is 62.0 Å². The number of benzene rings is 2. The van der Waals surface area contributed by atoms with Gasteiger partial charge in [0.2, 0.25) is 0 Å². The van der Waals surface area contributed by atoms with Crippen LogP contribution in [0.25, 0.3) is 0 Å². The van der Waals surface area contributed by atoms with Gasteiger partial charge in [0.05, 0.1) is 17.5 Å². The maximum Gasteiger partial charge on any atom is 0.263 e. The van der Waals surface area contributed by atoms with Crippen LogP contribution in [0.4, 0.5) is 5.69 Å². The third-order valence-electron chi connectivity index (χ3n) is 9.24. The zero-order chi connectivity index (χ0) is 32.9. The molecule has 9 heteroatoms. The lowest BCUT2D eigenvalue weighted by atomic mass is 9.67. The number of hydrogen-bond acceptors (Lipinski definition) is 6. The van der Waals surface area contributed by atoms with Gasteiger partial charge in [-0.25, -0.2) is 4.21 Å². The van der Waals surface area contributed by atoms with Gasteiger partial charge in [-0.05, 0) is 79.7 Å². The SMILES string of the molecule is CCCc1ccccc1C1COc2ccc3cc2N(C1)CC1CCC1C(C=O)/C=C/CC(C)C(C)S(=O)NC3=O.CCl.COC. The van der Waals surface area contributed by atoms with Crippen LogP contribution >= 0.6 is 11.6 Å². The number of nitrogens with one attached hydrogen (secondary N) is 1. The molecule has 3 aliphatic rings. The van der Waals surface area contributed by atoms with Crippen LogP contribution in [0.5, 0.6) is 5.75 Å². The lowest BCUT2D eigenvalue weighted by Gasteiger charge is -2.43. The van der Waals surface area contributed by atoms with Crippen LogP contribution < -0.4 is 14.4 Å². The minimum atomic E-state index is -1.53. The van der Waals surface area contributed by atoms with Gasteiger partial charge in [0.1, 0.15) is 23.0 Å². The predicted octanol–water partition coefficient (Wildman–Crippen LogP) is 6.96. The number of allylic oxidation sites excluding steroid dienone is 2. The molecular weight excluding hydrogens is 608 g/mol. The molecule has 1 N–H and O–H groups in total. The van der Waals surface area contributed by atoms with Gasteiger partial charge in [-0.3, -0.25) is 9.52 Å². The minimum absolute atomic E-state index is 0.0956. The number of carbonyl (C=O) groups excluding carboxylic acids is 2. The maximum absolute atomic E-state index is 13.2. The van der Waals surface area contributed by atoms with Crippen molar-refractivity contribution in [2.24, 2.45) is 23.7 Å². The van der Waals surface area contributed by atoms with E-state index < -0.39 is 11.0 Å². The first-order valence-corrected chi connectivity index (χ1v) is 18.0. The van der Waals surface area contributed by atoms with Crippen molar-refractivity contribution in [1.82, 2.24) is 4.72 Å². The molecule has 2 aromatic rings. The van der Waals surface area contributed by atoms with E-state index in [2.05, 4.69) is 69.3 Å². The number of nitrogens with zero attached hydrogens (tertiary/aromatic N) is 1. The number of halogens is 1. The fraction of sp³-hybridized carbons (Fsp3) is 0.556. The zero-order valence-corrected chi connectivity index (χ0v) is 29.2. The normalized spacial score (nSPS) is 28.6. The zero-order valence-electron chi connectivity index (χ0n) is 27.7. The number of fused-ring (bicyclic) bond motifs is 2. The summed E-state index contributed by atoms with van der Waals surface area (Å²) in [6, 6.07) is 14.2. The standard InChI is InChI=1S/C33H42N2O4S.C2H6O.CH3Cl/c1-4-8-24-10-5-6-12-29(24)28-19-35-18-26-13-15-30(26)27(20-36)11-7-9-22(2)23(3)40(38)34-33(37)25-14-16-32(39-21-28)31(35)17-25;1-3-2;1-2/h5-7,10-12,14,16-17,20,22-23,26-28,30H,4,8-9,13,15,18-19,21H2,1-3H3,(H,34,37);1-2H3;1H3/b11-7+;;. The fourth-order valence-corrected chi connectivity index (χ4v) is 7.44. The summed E-state index contributed by atoms with van der Waals surface area (Å²) in [6.07, 6.45) is 11.6. The van der Waals surface area contributed by atoms with E-state index in [0.29, 0.717) is 30.4 Å². The molecule has 45 heavy (non-hydrogen) atoms. The summed E-state index contributed by atoms with van der Waals surface area (Å²) in [5.74, 6) is 1.26. The molecule has 2 aliphatic heterocycles. The van der Waals surface area contributed by atoms with Gasteiger partial charge in [-0.2, -0.15) is 0 Å². The summed E-state index contributed by atoms with van der Waals surface area (Å²) in [5, 5.41) is -0.225. The molecule has 2 aromatic carbocycles. The van der Waals surface area contributed by atoms with Crippen molar-refractivity contribution in [2.45, 2.75) is 64.0 Å². The molecule has 2 heterocycles. The Morgan fingerprint density at radius 2 is 1.84 bits per heavy atom. The average Bonchev–Trinajstić information content (AvgIpc) is 3.22. The number of aldehydes is 1. The molecule has 5 rings (SSSR count). The van der Waals surface area contributed by atoms with Gasteiger partial charge in [0.25, 0.3) is 5.91 Å². The topological polar surface area (TPSA) is 84.9 Å². The molecule has 2 bridgehead atoms. The van der Waals surface area contributed by atoms with E-state index in [1.807, 2.05) is 26.0 Å². The van der Waals surface area contributed by atoms with Gasteiger partial charge in [-0.15, -0.1) is 11.6 Å². The van der Waals surface area contributed by atoms with Crippen LogP contribution in [0.3, 0.4) is 0 Å². The van der Waals surface area contributed by atoms with Crippen molar-refractivity contribution in [3.8, 4) is 5.75 Å². The fourth-order valence-electron chi connectivity index (χ4n) is 6.42. The average molecular weight is 659 g/mol. The highest BCUT2D eigenvalue weighted by Crippen LogP contribution is 2.43. The first-order chi connectivity index (χ1) is 21.8. The second kappa shape index (κ2) is 18.5. The monoisotopic (exact) mass is 658 g/mol. The summed E-state index contributed by atoms with van der Waals surface area (Å²) in [5.41, 5.74) is 4.05. The van der Waals surface area contributed by atoms with Crippen molar-refractivity contribution in [3.05, 3.63) is 71.3 Å². The third-order valence-corrected chi connectivity index (χ3v) is 10.8. The molecule has 7 nitrogen and oxygen atoms in total. The minimum Gasteiger partial charge on any atom is -0.491 e. The first kappa shape index (κ1) is 36.8. The quantitative estimate of drug-likeness (QED) is 0.217. The molecule has 1 aliphatic carbocycles. The number of anilines is 1. The molecule has 1 fully saturated rings. The van der Waals surface area contributed by atoms with Crippen molar-refractivity contribution >= 4 is 40.5 Å². The highest BCUT2D eigenvalue weighted by molar-refractivity contribution is 7.84. The van der Waals surface area contributed by atoms with E-state index in [9.17, 15) is 13.8 Å². The Kier molecular flexibility index (Phi) is 15.1. The van der Waals surface area contributed by atoms with Gasteiger partial charge in [0.15, 0.2) is 0 Å². The smallest absolute Gasteiger partial charge is 0.263 e. The number of carbonyl (C=O) groups is 2. The molecular formula is C36H51ClN2O5S. The molecule has 7 unspecified atom stereocenters. The lowest BCUT2D eigenvalue weighted by Crippen LogP contribution is -2.42. The second-order valence-corrected chi connectivity index (χ2v) is 13.8. The molecule has 1 amide bonds. The van der Waals surface area contributed by atoms with E-state index >= 15 is 0 Å². The van der Waals surface area contributed by atoms with Crippen molar-refractivity contribution < 1.29 is 23.3 Å². The van der Waals surface area contributed by atoms with Crippen LogP contribution in [0.15, 0.2) is 54.6 Å². The molecule has 1 saturated carbocycles. The second-order valence-electron chi connectivity index (χ2n) is 12.2. The number of methoxy groups -OCH3 is 1. The molecule has 7 atom stereocenters. The van der Waals surface area contributed by atoms with Gasteiger partial charge in [-0.1, -0.05) is 56.7 Å². The highest BCUT2D eigenvalue weighted by Gasteiger charge is 2.38. The Hall–Kier alpha value is -2.68. The molecule has 0 saturated heterocycles. The number of hydrogen-bond donors (Lipinski definition) is 1. The van der Waals surface area contributed by atoms with Crippen molar-refractivity contribution in [3.63, 3.8) is 0 Å². The molecule has 0 radical (unpaired) electrons. The Bertz CT molecular complexity index is 1300. The van der Waals surface area contributed by atoms with Crippen molar-refractivity contribution in [1.29, 1.82) is 0 Å². The number of amides is 1. The van der Waals surface area contributed by atoms with E-state index in [4.69, 9.17) is 4.74 Å². The summed E-state index contributed by atoms with van der Waals surface area (Å²) >= 11 is 4.64. The third kappa shape index (κ3) is 9.43. The van der Waals surface area contributed by atoms with Crippen LogP contribution in [-0.2, 0) is 26.9 Å². The lowest BCUT2D eigenvalue weighted by molar-refractivity contribution is -0.112. The molecule has 0 spiro atoms. The summed E-state index contributed by atoms with van der Waals surface area (Å²) in [7, 11) is 1.72. The summed E-state index contributed by atoms with van der Waals surface area (Å²) in [4.78, 5) is 27.8. The summed E-state index contributed by atoms with van der Waals surface area (Å²) < 4.78 is 26.5. The van der Waals surface area contributed by atoms with Crippen LogP contribution in [0, 0.1) is 23.7 Å². The predicted molar refractivity (Wildman–Crippen MR) is 186 cm³/mol. The maximum atomic E-state index is 13.2. The van der Waals surface area contributed by atoms with E-state index in [-0.39, 0.29) is 28.9 Å². The highest BCUT2D eigenvalue weighted by atomic mass is 35.5. The number of ether oxygens (including phenoxy) is 2. The Morgan fingerprint density at radius 3 is 2.51 bits per heavy atom. The van der Waals surface area contributed by atoms with Gasteiger partial charge < -0.3 is 19.2 Å². The Labute approximate surface area is 277 Å². The largest absolute Gasteiger partial charge is 0.491 e. The van der Waals surface area contributed by atoms with E-state index in [0.717, 1.165) is 56.5 Å². The Morgan fingerprint density at radius 1 is 1.11 bits per heavy atom. The van der Waals surface area contributed by atoms with E-state index in [1.54, 1.807) is 20.3 Å². The van der Waals surface area contributed by atoms with E-state index in [1.165, 1.54) is 17.5 Å². The van der Waals surface area contributed by atoms with Crippen molar-refractivity contribution in [2.75, 3.05) is 45.2 Å². The Balaban J connectivity index is 0.00000104. The van der Waals surface area contributed by atoms with Crippen LogP contribution in [0.1, 0.15) is 73.9 Å². The number of aryl methyl sites for hydroxylation is 1. The molecule has 0 aromatic heterocycles. The van der Waals surface area contributed by atoms with Gasteiger partial charge >= 0.3 is 0 Å². The number of alkyl halides is 1. The number of rotatable bonds is 4. The van der Waals surface area contributed by atoms with Crippen LogP contribution in [0.2, 0.25) is 0 Å². The summed E-state index contributed by atoms with van der Waals surface area (Å²) in [6.45, 7) is 8.28. The van der Waals surface area contributed by atoms with Gasteiger partial charge in [0, 0.05) is 51.1 Å². The molecule has 248 valence electrons.